The van der Waals surface area contributed by atoms with E-state index in [-0.39, 0.29) is 17.2 Å². The summed E-state index contributed by atoms with van der Waals surface area (Å²) < 4.78 is 26.2. The molecule has 110 valence electrons. The minimum atomic E-state index is -3.80. The zero-order valence-electron chi connectivity index (χ0n) is 11.0. The number of nitro groups is 1. The molecule has 1 N–H and O–H groups in total. The minimum Gasteiger partial charge on any atom is -0.395 e. The van der Waals surface area contributed by atoms with Gasteiger partial charge in [0.15, 0.2) is 0 Å². The lowest BCUT2D eigenvalue weighted by molar-refractivity contribution is -0.385. The highest BCUT2D eigenvalue weighted by Crippen LogP contribution is 2.29. The van der Waals surface area contributed by atoms with Crippen LogP contribution in [0.5, 0.6) is 0 Å². The number of sulfonamides is 1. The van der Waals surface area contributed by atoms with Crippen molar-refractivity contribution < 1.29 is 18.4 Å². The molecule has 0 aliphatic carbocycles. The highest BCUT2D eigenvalue weighted by Gasteiger charge is 2.35. The van der Waals surface area contributed by atoms with Crippen molar-refractivity contribution >= 4 is 15.7 Å². The summed E-state index contributed by atoms with van der Waals surface area (Å²) in [6.45, 7) is 1.64. The van der Waals surface area contributed by atoms with Crippen LogP contribution in [-0.2, 0) is 10.0 Å². The van der Waals surface area contributed by atoms with Gasteiger partial charge in [-0.1, -0.05) is 6.07 Å². The van der Waals surface area contributed by atoms with Crippen molar-refractivity contribution in [1.82, 2.24) is 4.31 Å². The van der Waals surface area contributed by atoms with Crippen LogP contribution in [0.2, 0.25) is 0 Å². The zero-order valence-corrected chi connectivity index (χ0v) is 11.8. The second kappa shape index (κ2) is 5.47. The summed E-state index contributed by atoms with van der Waals surface area (Å²) >= 11 is 0. The van der Waals surface area contributed by atoms with E-state index >= 15 is 0 Å². The number of aryl methyl sites for hydroxylation is 1. The molecule has 0 aromatic heterocycles. The molecular weight excluding hydrogens is 284 g/mol. The molecule has 0 bridgehead atoms. The second-order valence-electron chi connectivity index (χ2n) is 4.80. The van der Waals surface area contributed by atoms with Crippen LogP contribution in [0.25, 0.3) is 0 Å². The quantitative estimate of drug-likeness (QED) is 0.661. The highest BCUT2D eigenvalue weighted by molar-refractivity contribution is 7.89. The van der Waals surface area contributed by atoms with Crippen LogP contribution >= 0.6 is 0 Å². The number of hydrogen-bond donors (Lipinski definition) is 1. The van der Waals surface area contributed by atoms with Gasteiger partial charge in [-0.15, -0.1) is 0 Å². The average molecular weight is 300 g/mol. The third-order valence-corrected chi connectivity index (χ3v) is 5.47. The molecule has 0 saturated carbocycles. The van der Waals surface area contributed by atoms with Gasteiger partial charge >= 0.3 is 0 Å². The first-order valence-electron chi connectivity index (χ1n) is 6.25. The van der Waals surface area contributed by atoms with E-state index in [9.17, 15) is 23.6 Å². The lowest BCUT2D eigenvalue weighted by atomic mass is 10.2. The SMILES string of the molecule is Cc1ccc(S(=O)(=O)N2CCCC2CO)cc1[N+](=O)[O-]. The summed E-state index contributed by atoms with van der Waals surface area (Å²) in [6, 6.07) is 3.43. The van der Waals surface area contributed by atoms with Crippen molar-refractivity contribution in [2.75, 3.05) is 13.2 Å². The Morgan fingerprint density at radius 3 is 2.80 bits per heavy atom. The highest BCUT2D eigenvalue weighted by atomic mass is 32.2. The molecule has 7 nitrogen and oxygen atoms in total. The lowest BCUT2D eigenvalue weighted by Crippen LogP contribution is -2.37. The molecule has 0 amide bonds. The fourth-order valence-corrected chi connectivity index (χ4v) is 4.10. The summed E-state index contributed by atoms with van der Waals surface area (Å²) in [5, 5.41) is 20.1. The predicted molar refractivity (Wildman–Crippen MR) is 71.8 cm³/mol. The molecule has 2 rings (SSSR count). The molecule has 0 spiro atoms. The maximum absolute atomic E-state index is 12.5. The Morgan fingerprint density at radius 2 is 2.20 bits per heavy atom. The molecule has 1 aromatic carbocycles. The number of nitro benzene ring substituents is 1. The van der Waals surface area contributed by atoms with E-state index in [1.165, 1.54) is 16.4 Å². The topological polar surface area (TPSA) is 101 Å². The van der Waals surface area contributed by atoms with Crippen LogP contribution in [0.15, 0.2) is 23.1 Å². The molecule has 1 fully saturated rings. The van der Waals surface area contributed by atoms with Crippen molar-refractivity contribution in [3.8, 4) is 0 Å². The molecule has 1 heterocycles. The number of hydrogen-bond acceptors (Lipinski definition) is 5. The van der Waals surface area contributed by atoms with Gasteiger partial charge in [0.05, 0.1) is 16.4 Å². The van der Waals surface area contributed by atoms with E-state index < -0.39 is 21.0 Å². The summed E-state index contributed by atoms with van der Waals surface area (Å²) in [5.74, 6) is 0. The first kappa shape index (κ1) is 14.9. The number of aliphatic hydroxyl groups excluding tert-OH is 1. The molecule has 20 heavy (non-hydrogen) atoms. The molecule has 0 radical (unpaired) electrons. The molecule has 1 aliphatic rings. The molecule has 1 unspecified atom stereocenters. The van der Waals surface area contributed by atoms with Crippen molar-refractivity contribution in [3.05, 3.63) is 33.9 Å². The maximum Gasteiger partial charge on any atom is 0.273 e. The van der Waals surface area contributed by atoms with Gasteiger partial charge in [0.25, 0.3) is 5.69 Å². The smallest absolute Gasteiger partial charge is 0.273 e. The Balaban J connectivity index is 2.44. The summed E-state index contributed by atoms with van der Waals surface area (Å²) in [5.41, 5.74) is 0.194. The number of aliphatic hydroxyl groups is 1. The van der Waals surface area contributed by atoms with Gasteiger partial charge in [-0.2, -0.15) is 4.31 Å². The maximum atomic E-state index is 12.5. The molecular formula is C12H16N2O5S. The first-order valence-corrected chi connectivity index (χ1v) is 7.69. The Kier molecular flexibility index (Phi) is 4.07. The van der Waals surface area contributed by atoms with E-state index in [1.807, 2.05) is 0 Å². The molecule has 8 heteroatoms. The monoisotopic (exact) mass is 300 g/mol. The first-order chi connectivity index (χ1) is 9.37. The number of nitrogens with zero attached hydrogens (tertiary/aromatic N) is 2. The van der Waals surface area contributed by atoms with Crippen LogP contribution in [0.1, 0.15) is 18.4 Å². The summed E-state index contributed by atoms with van der Waals surface area (Å²) in [7, 11) is -3.80. The van der Waals surface area contributed by atoms with Crippen molar-refractivity contribution in [2.24, 2.45) is 0 Å². The third-order valence-electron chi connectivity index (χ3n) is 3.52. The van der Waals surface area contributed by atoms with Crippen LogP contribution in [0, 0.1) is 17.0 Å². The standard InChI is InChI=1S/C12H16N2O5S/c1-9-4-5-11(7-12(9)14(16)17)20(18,19)13-6-2-3-10(13)8-15/h4-5,7,10,15H,2-3,6,8H2,1H3. The zero-order chi connectivity index (χ0) is 14.9. The molecule has 1 aromatic rings. The Morgan fingerprint density at radius 1 is 1.50 bits per heavy atom. The largest absolute Gasteiger partial charge is 0.395 e. The molecule has 1 aliphatic heterocycles. The van der Waals surface area contributed by atoms with Gasteiger partial charge in [-0.25, -0.2) is 8.42 Å². The molecule has 1 atom stereocenters. The fourth-order valence-electron chi connectivity index (χ4n) is 2.39. The van der Waals surface area contributed by atoms with Crippen LogP contribution in [-0.4, -0.2) is 41.9 Å². The third kappa shape index (κ3) is 2.54. The van der Waals surface area contributed by atoms with E-state index in [4.69, 9.17) is 0 Å². The van der Waals surface area contributed by atoms with Gasteiger partial charge < -0.3 is 5.11 Å². The van der Waals surface area contributed by atoms with E-state index in [0.29, 0.717) is 24.9 Å². The predicted octanol–water partition coefficient (Wildman–Crippen LogP) is 1.05. The van der Waals surface area contributed by atoms with Gasteiger partial charge in [-0.3, -0.25) is 10.1 Å². The van der Waals surface area contributed by atoms with Crippen molar-refractivity contribution in [2.45, 2.75) is 30.7 Å². The number of rotatable bonds is 4. The summed E-state index contributed by atoms with van der Waals surface area (Å²) in [6.07, 6.45) is 1.28. The fraction of sp³-hybridized carbons (Fsp3) is 0.500. The Labute approximate surface area is 117 Å². The van der Waals surface area contributed by atoms with E-state index in [1.54, 1.807) is 6.92 Å². The van der Waals surface area contributed by atoms with Crippen molar-refractivity contribution in [3.63, 3.8) is 0 Å². The Hall–Kier alpha value is -1.51. The molecule has 1 saturated heterocycles. The normalized spacial score (nSPS) is 20.2. The van der Waals surface area contributed by atoms with Gasteiger partial charge in [-0.05, 0) is 25.8 Å². The van der Waals surface area contributed by atoms with Crippen LogP contribution in [0.4, 0.5) is 5.69 Å². The van der Waals surface area contributed by atoms with Crippen molar-refractivity contribution in [1.29, 1.82) is 0 Å². The van der Waals surface area contributed by atoms with E-state index in [0.717, 1.165) is 6.07 Å². The second-order valence-corrected chi connectivity index (χ2v) is 6.69. The van der Waals surface area contributed by atoms with Gasteiger partial charge in [0.1, 0.15) is 0 Å². The van der Waals surface area contributed by atoms with Crippen LogP contribution in [0.3, 0.4) is 0 Å². The van der Waals surface area contributed by atoms with Crippen LogP contribution < -0.4 is 0 Å². The average Bonchev–Trinajstić information content (AvgIpc) is 2.87. The van der Waals surface area contributed by atoms with Gasteiger partial charge in [0, 0.05) is 24.2 Å². The number of benzene rings is 1. The Bertz CT molecular complexity index is 629. The summed E-state index contributed by atoms with van der Waals surface area (Å²) in [4.78, 5) is 10.2. The van der Waals surface area contributed by atoms with E-state index in [2.05, 4.69) is 0 Å². The lowest BCUT2D eigenvalue weighted by Gasteiger charge is -2.22. The van der Waals surface area contributed by atoms with Gasteiger partial charge in [0.2, 0.25) is 10.0 Å². The minimum absolute atomic E-state index is 0.102.